The standard InChI is InChI=1S/C18H23N3O2/c1-13(2)14-6-8-15(9-7-14)23-12-11-21-17-16(18(22)19-3)5-4-10-20-17/h4-10,13H,11-12H2,1-3H3,(H,19,22)(H,20,21). The minimum Gasteiger partial charge on any atom is -0.492 e. The molecule has 0 spiro atoms. The number of hydrogen-bond donors (Lipinski definition) is 2. The van der Waals surface area contributed by atoms with Gasteiger partial charge in [-0.05, 0) is 35.7 Å². The van der Waals surface area contributed by atoms with Gasteiger partial charge < -0.3 is 15.4 Å². The van der Waals surface area contributed by atoms with Crippen molar-refractivity contribution in [2.24, 2.45) is 0 Å². The molecule has 5 nitrogen and oxygen atoms in total. The normalized spacial score (nSPS) is 10.4. The van der Waals surface area contributed by atoms with Gasteiger partial charge in [-0.25, -0.2) is 4.98 Å². The van der Waals surface area contributed by atoms with Crippen LogP contribution in [0.1, 0.15) is 35.7 Å². The summed E-state index contributed by atoms with van der Waals surface area (Å²) in [7, 11) is 1.60. The third-order valence-electron chi connectivity index (χ3n) is 3.49. The van der Waals surface area contributed by atoms with E-state index in [0.717, 1.165) is 5.75 Å². The fourth-order valence-corrected chi connectivity index (χ4v) is 2.15. The van der Waals surface area contributed by atoms with Crippen molar-refractivity contribution in [2.45, 2.75) is 19.8 Å². The molecule has 2 aromatic rings. The van der Waals surface area contributed by atoms with E-state index in [2.05, 4.69) is 41.6 Å². The Morgan fingerprint density at radius 1 is 1.22 bits per heavy atom. The zero-order valence-electron chi connectivity index (χ0n) is 13.8. The topological polar surface area (TPSA) is 63.2 Å². The maximum Gasteiger partial charge on any atom is 0.254 e. The molecule has 1 amide bonds. The zero-order chi connectivity index (χ0) is 16.7. The average Bonchev–Trinajstić information content (AvgIpc) is 2.58. The molecule has 122 valence electrons. The first-order chi connectivity index (χ1) is 11.1. The molecule has 23 heavy (non-hydrogen) atoms. The van der Waals surface area contributed by atoms with Crippen LogP contribution >= 0.6 is 0 Å². The summed E-state index contributed by atoms with van der Waals surface area (Å²) in [6, 6.07) is 11.6. The molecule has 0 bridgehead atoms. The Morgan fingerprint density at radius 2 is 1.96 bits per heavy atom. The van der Waals surface area contributed by atoms with Gasteiger partial charge in [-0.3, -0.25) is 4.79 Å². The van der Waals surface area contributed by atoms with Crippen LogP contribution in [0.4, 0.5) is 5.82 Å². The van der Waals surface area contributed by atoms with Crippen molar-refractivity contribution in [3.63, 3.8) is 0 Å². The Morgan fingerprint density at radius 3 is 2.61 bits per heavy atom. The highest BCUT2D eigenvalue weighted by atomic mass is 16.5. The van der Waals surface area contributed by atoms with Crippen LogP contribution < -0.4 is 15.4 Å². The first-order valence-electron chi connectivity index (χ1n) is 7.75. The lowest BCUT2D eigenvalue weighted by Crippen LogP contribution is -2.21. The highest BCUT2D eigenvalue weighted by Crippen LogP contribution is 2.18. The summed E-state index contributed by atoms with van der Waals surface area (Å²) in [6.45, 7) is 5.38. The van der Waals surface area contributed by atoms with Crippen LogP contribution in [-0.4, -0.2) is 31.1 Å². The van der Waals surface area contributed by atoms with E-state index in [1.165, 1.54) is 5.56 Å². The number of amides is 1. The zero-order valence-corrected chi connectivity index (χ0v) is 13.8. The van der Waals surface area contributed by atoms with Gasteiger partial charge in [-0.15, -0.1) is 0 Å². The van der Waals surface area contributed by atoms with Crippen molar-refractivity contribution < 1.29 is 9.53 Å². The summed E-state index contributed by atoms with van der Waals surface area (Å²) < 4.78 is 5.70. The van der Waals surface area contributed by atoms with E-state index in [0.29, 0.717) is 30.5 Å². The molecule has 0 aliphatic rings. The maximum atomic E-state index is 11.8. The summed E-state index contributed by atoms with van der Waals surface area (Å²) >= 11 is 0. The van der Waals surface area contributed by atoms with E-state index in [-0.39, 0.29) is 5.91 Å². The average molecular weight is 313 g/mol. The van der Waals surface area contributed by atoms with Crippen molar-refractivity contribution >= 4 is 11.7 Å². The number of benzene rings is 1. The first kappa shape index (κ1) is 16.8. The first-order valence-corrected chi connectivity index (χ1v) is 7.75. The lowest BCUT2D eigenvalue weighted by Gasteiger charge is -2.11. The predicted molar refractivity (Wildman–Crippen MR) is 92.1 cm³/mol. The van der Waals surface area contributed by atoms with E-state index < -0.39 is 0 Å². The second kappa shape index (κ2) is 8.17. The van der Waals surface area contributed by atoms with Crippen molar-refractivity contribution in [1.29, 1.82) is 0 Å². The molecule has 0 saturated carbocycles. The molecular formula is C18H23N3O2. The Labute approximate surface area is 137 Å². The summed E-state index contributed by atoms with van der Waals surface area (Å²) in [5.41, 5.74) is 1.82. The molecule has 0 unspecified atom stereocenters. The summed E-state index contributed by atoms with van der Waals surface area (Å²) in [5, 5.41) is 5.73. The maximum absolute atomic E-state index is 11.8. The quantitative estimate of drug-likeness (QED) is 0.771. The third-order valence-corrected chi connectivity index (χ3v) is 3.49. The minimum absolute atomic E-state index is 0.161. The molecule has 0 radical (unpaired) electrons. The summed E-state index contributed by atoms with van der Waals surface area (Å²) in [4.78, 5) is 15.9. The van der Waals surface area contributed by atoms with Crippen LogP contribution in [0.3, 0.4) is 0 Å². The number of nitrogens with one attached hydrogen (secondary N) is 2. The number of carbonyl (C=O) groups excluding carboxylic acids is 1. The van der Waals surface area contributed by atoms with Gasteiger partial charge in [0, 0.05) is 13.2 Å². The number of hydrogen-bond acceptors (Lipinski definition) is 4. The number of carbonyl (C=O) groups is 1. The van der Waals surface area contributed by atoms with Crippen molar-refractivity contribution in [1.82, 2.24) is 10.3 Å². The predicted octanol–water partition coefficient (Wildman–Crippen LogP) is 3.06. The molecule has 1 aromatic heterocycles. The Kier molecular flexibility index (Phi) is 5.97. The van der Waals surface area contributed by atoms with Gasteiger partial charge in [0.15, 0.2) is 0 Å². The molecule has 2 N–H and O–H groups in total. The highest BCUT2D eigenvalue weighted by molar-refractivity contribution is 5.98. The second-order valence-corrected chi connectivity index (χ2v) is 5.48. The molecule has 5 heteroatoms. The minimum atomic E-state index is -0.161. The number of nitrogens with zero attached hydrogens (tertiary/aromatic N) is 1. The number of aromatic nitrogens is 1. The van der Waals surface area contributed by atoms with Crippen LogP contribution in [0.15, 0.2) is 42.6 Å². The third kappa shape index (κ3) is 4.71. The monoisotopic (exact) mass is 313 g/mol. The van der Waals surface area contributed by atoms with Crippen LogP contribution in [0.2, 0.25) is 0 Å². The van der Waals surface area contributed by atoms with Crippen molar-refractivity contribution in [3.8, 4) is 5.75 Å². The van der Waals surface area contributed by atoms with Crippen molar-refractivity contribution in [3.05, 3.63) is 53.7 Å². The number of ether oxygens (including phenoxy) is 1. The van der Waals surface area contributed by atoms with E-state index in [4.69, 9.17) is 4.74 Å². The fourth-order valence-electron chi connectivity index (χ4n) is 2.15. The summed E-state index contributed by atoms with van der Waals surface area (Å²) in [6.07, 6.45) is 1.65. The molecule has 2 rings (SSSR count). The van der Waals surface area contributed by atoms with Gasteiger partial charge in [0.25, 0.3) is 5.91 Å². The van der Waals surface area contributed by atoms with Crippen LogP contribution in [-0.2, 0) is 0 Å². The van der Waals surface area contributed by atoms with E-state index in [1.807, 2.05) is 12.1 Å². The highest BCUT2D eigenvalue weighted by Gasteiger charge is 2.09. The molecule has 0 atom stereocenters. The molecule has 0 fully saturated rings. The van der Waals surface area contributed by atoms with Crippen LogP contribution in [0.25, 0.3) is 0 Å². The van der Waals surface area contributed by atoms with E-state index in [9.17, 15) is 4.79 Å². The van der Waals surface area contributed by atoms with Gasteiger partial charge in [0.2, 0.25) is 0 Å². The number of pyridine rings is 1. The number of rotatable bonds is 7. The Hall–Kier alpha value is -2.56. The van der Waals surface area contributed by atoms with Crippen LogP contribution in [0.5, 0.6) is 5.75 Å². The molecular weight excluding hydrogens is 290 g/mol. The van der Waals surface area contributed by atoms with E-state index >= 15 is 0 Å². The smallest absolute Gasteiger partial charge is 0.254 e. The van der Waals surface area contributed by atoms with Gasteiger partial charge in [-0.1, -0.05) is 26.0 Å². The number of anilines is 1. The Bertz CT molecular complexity index is 639. The van der Waals surface area contributed by atoms with Gasteiger partial charge in [0.1, 0.15) is 18.2 Å². The molecule has 1 heterocycles. The van der Waals surface area contributed by atoms with Gasteiger partial charge >= 0.3 is 0 Å². The van der Waals surface area contributed by atoms with Gasteiger partial charge in [0.05, 0.1) is 12.1 Å². The molecule has 0 saturated heterocycles. The Balaban J connectivity index is 1.85. The van der Waals surface area contributed by atoms with E-state index in [1.54, 1.807) is 25.4 Å². The SMILES string of the molecule is CNC(=O)c1cccnc1NCCOc1ccc(C(C)C)cc1. The molecule has 0 aliphatic heterocycles. The lowest BCUT2D eigenvalue weighted by molar-refractivity contribution is 0.0963. The molecule has 0 aliphatic carbocycles. The summed E-state index contributed by atoms with van der Waals surface area (Å²) in [5.74, 6) is 1.75. The largest absolute Gasteiger partial charge is 0.492 e. The van der Waals surface area contributed by atoms with Crippen LogP contribution in [0, 0.1) is 0 Å². The van der Waals surface area contributed by atoms with Gasteiger partial charge in [-0.2, -0.15) is 0 Å². The van der Waals surface area contributed by atoms with Crippen molar-refractivity contribution in [2.75, 3.05) is 25.5 Å². The second-order valence-electron chi connectivity index (χ2n) is 5.48. The fraction of sp³-hybridized carbons (Fsp3) is 0.333. The molecule has 1 aromatic carbocycles. The lowest BCUT2D eigenvalue weighted by atomic mass is 10.0.